The van der Waals surface area contributed by atoms with Gasteiger partial charge in [-0.3, -0.25) is 4.79 Å². The van der Waals surface area contributed by atoms with Crippen LogP contribution in [-0.4, -0.2) is 31.9 Å². The zero-order valence-corrected chi connectivity index (χ0v) is 15.2. The molecule has 0 saturated carbocycles. The van der Waals surface area contributed by atoms with Gasteiger partial charge in [-0.15, -0.1) is 0 Å². The monoisotopic (exact) mass is 374 g/mol. The highest BCUT2D eigenvalue weighted by Crippen LogP contribution is 2.29. The molecule has 1 unspecified atom stereocenters. The van der Waals surface area contributed by atoms with Gasteiger partial charge in [-0.25, -0.2) is 23.7 Å². The Hall–Kier alpha value is -3.10. The fraction of sp³-hybridized carbons (Fsp3) is 0.333. The van der Waals surface area contributed by atoms with Crippen molar-refractivity contribution in [1.82, 2.24) is 19.9 Å². The molecule has 1 amide bonds. The smallest absolute Gasteiger partial charge is 0.219 e. The summed E-state index contributed by atoms with van der Waals surface area (Å²) in [7, 11) is 0. The molecule has 0 radical (unpaired) electrons. The number of H-pyrrole nitrogens is 1. The van der Waals surface area contributed by atoms with Crippen LogP contribution in [0.4, 0.5) is 14.6 Å². The summed E-state index contributed by atoms with van der Waals surface area (Å²) in [6.07, 6.45) is 3.72. The summed E-state index contributed by atoms with van der Waals surface area (Å²) in [4.78, 5) is 26.5. The molecule has 0 spiro atoms. The first-order valence-corrected chi connectivity index (χ1v) is 8.35. The summed E-state index contributed by atoms with van der Waals surface area (Å²) in [5.41, 5.74) is 5.89. The number of hydrogen-bond acceptors (Lipinski definition) is 5. The van der Waals surface area contributed by atoms with E-state index in [0.717, 1.165) is 12.4 Å². The highest BCUT2D eigenvalue weighted by Gasteiger charge is 2.28. The van der Waals surface area contributed by atoms with E-state index >= 15 is 0 Å². The van der Waals surface area contributed by atoms with Crippen molar-refractivity contribution in [3.63, 3.8) is 0 Å². The second-order valence-electron chi connectivity index (χ2n) is 7.38. The summed E-state index contributed by atoms with van der Waals surface area (Å²) < 4.78 is 27.8. The van der Waals surface area contributed by atoms with E-state index in [1.165, 1.54) is 6.07 Å². The van der Waals surface area contributed by atoms with E-state index < -0.39 is 23.6 Å². The summed E-state index contributed by atoms with van der Waals surface area (Å²) in [5, 5.41) is 3.44. The zero-order valence-electron chi connectivity index (χ0n) is 15.2. The van der Waals surface area contributed by atoms with Gasteiger partial charge in [0.25, 0.3) is 0 Å². The lowest BCUT2D eigenvalue weighted by Gasteiger charge is -2.31. The van der Waals surface area contributed by atoms with E-state index in [1.54, 1.807) is 6.20 Å². The minimum Gasteiger partial charge on any atom is -0.370 e. The molecule has 3 heterocycles. The first-order chi connectivity index (χ1) is 12.6. The average molecular weight is 374 g/mol. The third kappa shape index (κ3) is 4.02. The molecule has 0 aliphatic carbocycles. The molecular formula is C18H20F2N6O. The number of primary amides is 1. The van der Waals surface area contributed by atoms with E-state index in [9.17, 15) is 13.6 Å². The van der Waals surface area contributed by atoms with Crippen molar-refractivity contribution in [3.8, 4) is 11.4 Å². The molecule has 0 aromatic carbocycles. The molecule has 142 valence electrons. The van der Waals surface area contributed by atoms with Crippen LogP contribution >= 0.6 is 0 Å². The number of anilines is 1. The topological polar surface area (TPSA) is 110 Å². The quantitative estimate of drug-likeness (QED) is 0.636. The van der Waals surface area contributed by atoms with Crippen LogP contribution in [0.1, 0.15) is 27.2 Å². The van der Waals surface area contributed by atoms with Crippen LogP contribution in [0.3, 0.4) is 0 Å². The second-order valence-corrected chi connectivity index (χ2v) is 7.38. The first kappa shape index (κ1) is 18.7. The lowest BCUT2D eigenvalue weighted by molar-refractivity contribution is -0.118. The normalized spacial score (nSPS) is 12.9. The number of halogens is 2. The van der Waals surface area contributed by atoms with Gasteiger partial charge in [0.15, 0.2) is 17.5 Å². The summed E-state index contributed by atoms with van der Waals surface area (Å²) in [5.74, 6) is -1.53. The molecule has 4 N–H and O–H groups in total. The molecule has 0 saturated heterocycles. The Kier molecular flexibility index (Phi) is 4.77. The van der Waals surface area contributed by atoms with Crippen molar-refractivity contribution in [2.45, 2.75) is 33.2 Å². The van der Waals surface area contributed by atoms with Crippen molar-refractivity contribution in [1.29, 1.82) is 0 Å². The average Bonchev–Trinajstić information content (AvgIpc) is 2.98. The predicted octanol–water partition coefficient (Wildman–Crippen LogP) is 3.00. The van der Waals surface area contributed by atoms with Crippen LogP contribution in [0, 0.1) is 17.0 Å². The molecule has 3 aromatic rings. The van der Waals surface area contributed by atoms with Crippen molar-refractivity contribution < 1.29 is 13.6 Å². The number of hydrogen-bond donors (Lipinski definition) is 3. The van der Waals surface area contributed by atoms with E-state index in [-0.39, 0.29) is 23.5 Å². The lowest BCUT2D eigenvalue weighted by atomic mass is 9.84. The molecule has 27 heavy (non-hydrogen) atoms. The van der Waals surface area contributed by atoms with Gasteiger partial charge in [-0.2, -0.15) is 0 Å². The highest BCUT2D eigenvalue weighted by molar-refractivity contribution is 5.91. The number of aromatic nitrogens is 4. The maximum Gasteiger partial charge on any atom is 0.219 e. The maximum atomic E-state index is 14.3. The number of nitrogens with two attached hydrogens (primary N) is 1. The van der Waals surface area contributed by atoms with Crippen LogP contribution < -0.4 is 11.1 Å². The number of pyridine rings is 1. The van der Waals surface area contributed by atoms with Crippen LogP contribution in [0.25, 0.3) is 22.4 Å². The molecule has 0 fully saturated rings. The van der Waals surface area contributed by atoms with Crippen LogP contribution in [-0.2, 0) is 4.79 Å². The molecule has 1 atom stereocenters. The molecular weight excluding hydrogens is 354 g/mol. The summed E-state index contributed by atoms with van der Waals surface area (Å²) in [6, 6.07) is 0.869. The Morgan fingerprint density at radius 2 is 2.04 bits per heavy atom. The molecule has 3 aromatic heterocycles. The first-order valence-electron chi connectivity index (χ1n) is 8.35. The van der Waals surface area contributed by atoms with E-state index in [2.05, 4.69) is 25.3 Å². The zero-order chi connectivity index (χ0) is 19.8. The maximum absolute atomic E-state index is 14.3. The largest absolute Gasteiger partial charge is 0.370 e. The van der Waals surface area contributed by atoms with Crippen molar-refractivity contribution in [2.24, 2.45) is 11.1 Å². The molecule has 0 bridgehead atoms. The van der Waals surface area contributed by atoms with Gasteiger partial charge < -0.3 is 16.0 Å². The van der Waals surface area contributed by atoms with Gasteiger partial charge in [-0.05, 0) is 11.5 Å². The Bertz CT molecular complexity index is 995. The van der Waals surface area contributed by atoms with Crippen LogP contribution in [0.15, 0.2) is 24.7 Å². The molecule has 0 aliphatic rings. The van der Waals surface area contributed by atoms with Crippen molar-refractivity contribution in [3.05, 3.63) is 36.3 Å². The molecule has 0 aliphatic heterocycles. The number of nitrogens with one attached hydrogen (secondary N) is 2. The van der Waals surface area contributed by atoms with Gasteiger partial charge >= 0.3 is 0 Å². The van der Waals surface area contributed by atoms with Gasteiger partial charge in [0.1, 0.15) is 11.5 Å². The van der Waals surface area contributed by atoms with Gasteiger partial charge in [0.05, 0.1) is 12.4 Å². The number of fused-ring (bicyclic) bond motifs is 1. The van der Waals surface area contributed by atoms with E-state index in [1.807, 2.05) is 20.8 Å². The Balaban J connectivity index is 2.01. The number of amides is 1. The number of nitrogens with zero attached hydrogens (tertiary/aromatic N) is 3. The fourth-order valence-corrected chi connectivity index (χ4v) is 2.70. The lowest BCUT2D eigenvalue weighted by Crippen LogP contribution is -2.38. The minimum absolute atomic E-state index is 0.0183. The van der Waals surface area contributed by atoms with Crippen LogP contribution in [0.5, 0.6) is 0 Å². The molecule has 7 nitrogen and oxygen atoms in total. The second kappa shape index (κ2) is 6.90. The number of rotatable bonds is 5. The number of carbonyl (C=O) groups excluding carboxylic acids is 1. The van der Waals surface area contributed by atoms with Crippen LogP contribution in [0.2, 0.25) is 0 Å². The molecule has 3 rings (SSSR count). The minimum atomic E-state index is -0.665. The van der Waals surface area contributed by atoms with Gasteiger partial charge in [0.2, 0.25) is 5.91 Å². The molecule has 9 heteroatoms. The Morgan fingerprint density at radius 1 is 1.30 bits per heavy atom. The van der Waals surface area contributed by atoms with E-state index in [4.69, 9.17) is 5.73 Å². The number of aromatic amines is 1. The van der Waals surface area contributed by atoms with Crippen molar-refractivity contribution >= 4 is 22.8 Å². The summed E-state index contributed by atoms with van der Waals surface area (Å²) >= 11 is 0. The third-order valence-electron chi connectivity index (χ3n) is 4.24. The SMILES string of the molecule is CC(C)(C)C(CC(N)=O)Nc1nc(-c2c[nH]c3ncc(F)cc23)ncc1F. The van der Waals surface area contributed by atoms with Gasteiger partial charge in [0, 0.05) is 29.6 Å². The van der Waals surface area contributed by atoms with Crippen molar-refractivity contribution in [2.75, 3.05) is 5.32 Å². The third-order valence-corrected chi connectivity index (χ3v) is 4.24. The standard InChI is InChI=1S/C18H20F2N6O/c1-18(2,3)13(5-14(21)27)25-17-12(20)8-24-16(26-17)11-7-23-15-10(11)4-9(19)6-22-15/h4,6-8,13H,5H2,1-3H3,(H2,21,27)(H,22,23)(H,24,25,26). The van der Waals surface area contributed by atoms with E-state index in [0.29, 0.717) is 16.6 Å². The highest BCUT2D eigenvalue weighted by atomic mass is 19.1. The predicted molar refractivity (Wildman–Crippen MR) is 97.7 cm³/mol. The number of carbonyl (C=O) groups is 1. The summed E-state index contributed by atoms with van der Waals surface area (Å²) in [6.45, 7) is 5.71. The Labute approximate surface area is 154 Å². The van der Waals surface area contributed by atoms with Gasteiger partial charge in [-0.1, -0.05) is 20.8 Å². The Morgan fingerprint density at radius 3 is 2.70 bits per heavy atom. The fourth-order valence-electron chi connectivity index (χ4n) is 2.70.